The van der Waals surface area contributed by atoms with Crippen LogP contribution in [-0.4, -0.2) is 43.0 Å². The lowest BCUT2D eigenvalue weighted by Gasteiger charge is -2.40. The summed E-state index contributed by atoms with van der Waals surface area (Å²) in [6, 6.07) is 0.194. The van der Waals surface area contributed by atoms with Gasteiger partial charge in [0.05, 0.1) is 0 Å². The van der Waals surface area contributed by atoms with E-state index in [9.17, 15) is 4.79 Å². The van der Waals surface area contributed by atoms with Crippen LogP contribution in [0.2, 0.25) is 0 Å². The fourth-order valence-electron chi connectivity index (χ4n) is 3.79. The minimum absolute atomic E-state index is 0.194. The molecule has 1 saturated heterocycles. The number of carbonyl (C=O) groups excluding carboxylic acids is 1. The van der Waals surface area contributed by atoms with Crippen LogP contribution in [0.1, 0.15) is 26.7 Å². The van der Waals surface area contributed by atoms with Gasteiger partial charge in [0.25, 0.3) is 0 Å². The standard InChI is InChI=1S/C13H24N2O/c1-9(2)12-10-5-6-11(12)8-15(7-10)13(16)14(3)4/h9-12H,5-8H2,1-4H3. The Morgan fingerprint density at radius 2 is 1.69 bits per heavy atom. The lowest BCUT2D eigenvalue weighted by Crippen LogP contribution is -2.49. The Labute approximate surface area is 98.8 Å². The van der Waals surface area contributed by atoms with E-state index in [1.165, 1.54) is 12.8 Å². The summed E-state index contributed by atoms with van der Waals surface area (Å²) in [5.41, 5.74) is 0. The molecule has 1 aliphatic carbocycles. The first kappa shape index (κ1) is 11.7. The van der Waals surface area contributed by atoms with Gasteiger partial charge in [-0.15, -0.1) is 0 Å². The number of urea groups is 1. The van der Waals surface area contributed by atoms with Gasteiger partial charge in [0.15, 0.2) is 0 Å². The van der Waals surface area contributed by atoms with Crippen LogP contribution in [0.5, 0.6) is 0 Å². The summed E-state index contributed by atoms with van der Waals surface area (Å²) in [6.07, 6.45) is 2.65. The minimum Gasteiger partial charge on any atom is -0.331 e. The molecule has 1 saturated carbocycles. The van der Waals surface area contributed by atoms with Crippen molar-refractivity contribution < 1.29 is 4.79 Å². The van der Waals surface area contributed by atoms with Crippen LogP contribution >= 0.6 is 0 Å². The highest BCUT2D eigenvalue weighted by Crippen LogP contribution is 2.45. The number of hydrogen-bond donors (Lipinski definition) is 0. The Bertz CT molecular complexity index is 261. The summed E-state index contributed by atoms with van der Waals surface area (Å²) in [6.45, 7) is 6.63. The maximum atomic E-state index is 11.9. The molecule has 0 N–H and O–H groups in total. The van der Waals surface area contributed by atoms with Crippen molar-refractivity contribution in [2.75, 3.05) is 27.2 Å². The third kappa shape index (κ3) is 1.92. The zero-order valence-corrected chi connectivity index (χ0v) is 10.9. The first-order valence-electron chi connectivity index (χ1n) is 6.47. The van der Waals surface area contributed by atoms with Crippen molar-refractivity contribution >= 4 is 6.03 Å². The topological polar surface area (TPSA) is 23.6 Å². The summed E-state index contributed by atoms with van der Waals surface area (Å²) < 4.78 is 0. The normalized spacial score (nSPS) is 33.3. The van der Waals surface area contributed by atoms with Crippen molar-refractivity contribution in [3.63, 3.8) is 0 Å². The average Bonchev–Trinajstić information content (AvgIpc) is 2.49. The van der Waals surface area contributed by atoms with Gasteiger partial charge in [0, 0.05) is 27.2 Å². The van der Waals surface area contributed by atoms with E-state index in [4.69, 9.17) is 0 Å². The Morgan fingerprint density at radius 3 is 2.06 bits per heavy atom. The highest BCUT2D eigenvalue weighted by molar-refractivity contribution is 5.74. The Morgan fingerprint density at radius 1 is 1.19 bits per heavy atom. The molecule has 2 bridgehead atoms. The molecule has 0 aromatic heterocycles. The van der Waals surface area contributed by atoms with Crippen LogP contribution in [0.4, 0.5) is 4.79 Å². The SMILES string of the molecule is CC(C)C1C2CCC1CN(C(=O)N(C)C)C2. The smallest absolute Gasteiger partial charge is 0.319 e. The highest BCUT2D eigenvalue weighted by atomic mass is 16.2. The molecule has 2 rings (SSSR count). The van der Waals surface area contributed by atoms with Crippen molar-refractivity contribution in [2.24, 2.45) is 23.7 Å². The van der Waals surface area contributed by atoms with Crippen molar-refractivity contribution in [3.8, 4) is 0 Å². The van der Waals surface area contributed by atoms with Crippen molar-refractivity contribution in [2.45, 2.75) is 26.7 Å². The predicted octanol–water partition coefficient (Wildman–Crippen LogP) is 2.28. The lowest BCUT2D eigenvalue weighted by molar-refractivity contribution is 0.0863. The van der Waals surface area contributed by atoms with Crippen LogP contribution in [0.15, 0.2) is 0 Å². The fraction of sp³-hybridized carbons (Fsp3) is 0.923. The van der Waals surface area contributed by atoms with E-state index in [-0.39, 0.29) is 6.03 Å². The van der Waals surface area contributed by atoms with E-state index in [2.05, 4.69) is 18.7 Å². The van der Waals surface area contributed by atoms with Crippen molar-refractivity contribution in [1.29, 1.82) is 0 Å². The molecule has 16 heavy (non-hydrogen) atoms. The number of fused-ring (bicyclic) bond motifs is 2. The van der Waals surface area contributed by atoms with Gasteiger partial charge in [-0.25, -0.2) is 4.79 Å². The van der Waals surface area contributed by atoms with E-state index in [0.717, 1.165) is 36.8 Å². The molecule has 0 radical (unpaired) electrons. The van der Waals surface area contributed by atoms with Crippen LogP contribution in [0, 0.1) is 23.7 Å². The summed E-state index contributed by atoms with van der Waals surface area (Å²) in [4.78, 5) is 15.7. The largest absolute Gasteiger partial charge is 0.331 e. The Kier molecular flexibility index (Phi) is 3.13. The number of carbonyl (C=O) groups is 1. The molecule has 3 nitrogen and oxygen atoms in total. The second-order valence-corrected chi connectivity index (χ2v) is 6.00. The third-order valence-electron chi connectivity index (χ3n) is 4.33. The van der Waals surface area contributed by atoms with E-state index in [1.54, 1.807) is 4.90 Å². The van der Waals surface area contributed by atoms with Gasteiger partial charge in [-0.3, -0.25) is 0 Å². The van der Waals surface area contributed by atoms with Gasteiger partial charge in [0.2, 0.25) is 0 Å². The van der Waals surface area contributed by atoms with Crippen LogP contribution < -0.4 is 0 Å². The van der Waals surface area contributed by atoms with E-state index < -0.39 is 0 Å². The Balaban J connectivity index is 2.05. The van der Waals surface area contributed by atoms with Crippen LogP contribution in [-0.2, 0) is 0 Å². The predicted molar refractivity (Wildman–Crippen MR) is 65.2 cm³/mol. The zero-order chi connectivity index (χ0) is 11.9. The van der Waals surface area contributed by atoms with Gasteiger partial charge in [-0.2, -0.15) is 0 Å². The number of amides is 2. The molecule has 0 spiro atoms. The molecule has 1 aliphatic heterocycles. The number of rotatable bonds is 1. The second kappa shape index (κ2) is 4.27. The molecular weight excluding hydrogens is 200 g/mol. The monoisotopic (exact) mass is 224 g/mol. The Hall–Kier alpha value is -0.730. The molecular formula is C13H24N2O. The van der Waals surface area contributed by atoms with Crippen molar-refractivity contribution in [3.05, 3.63) is 0 Å². The van der Waals surface area contributed by atoms with Gasteiger partial charge < -0.3 is 9.80 Å². The molecule has 1 heterocycles. The zero-order valence-electron chi connectivity index (χ0n) is 10.9. The number of hydrogen-bond acceptors (Lipinski definition) is 1. The molecule has 2 atom stereocenters. The summed E-state index contributed by atoms with van der Waals surface area (Å²) >= 11 is 0. The lowest BCUT2D eigenvalue weighted by atomic mass is 9.77. The van der Waals surface area contributed by atoms with E-state index in [1.807, 2.05) is 14.1 Å². The maximum absolute atomic E-state index is 11.9. The van der Waals surface area contributed by atoms with Crippen molar-refractivity contribution in [1.82, 2.24) is 9.80 Å². The molecule has 0 aromatic carbocycles. The molecule has 2 aliphatic rings. The fourth-order valence-corrected chi connectivity index (χ4v) is 3.79. The quantitative estimate of drug-likeness (QED) is 0.670. The third-order valence-corrected chi connectivity index (χ3v) is 4.33. The number of piperidine rings is 1. The molecule has 92 valence electrons. The molecule has 0 aromatic rings. The second-order valence-electron chi connectivity index (χ2n) is 6.00. The van der Waals surface area contributed by atoms with E-state index in [0.29, 0.717) is 0 Å². The molecule has 3 heteroatoms. The molecule has 2 amide bonds. The minimum atomic E-state index is 0.194. The van der Waals surface area contributed by atoms with Crippen LogP contribution in [0.25, 0.3) is 0 Å². The first-order chi connectivity index (χ1) is 7.50. The number of nitrogens with zero attached hydrogens (tertiary/aromatic N) is 2. The van der Waals surface area contributed by atoms with Gasteiger partial charge in [-0.1, -0.05) is 13.8 Å². The summed E-state index contributed by atoms with van der Waals surface area (Å²) in [7, 11) is 3.69. The van der Waals surface area contributed by atoms with Crippen LogP contribution in [0.3, 0.4) is 0 Å². The van der Waals surface area contributed by atoms with Gasteiger partial charge in [0.1, 0.15) is 0 Å². The summed E-state index contributed by atoms with van der Waals surface area (Å²) in [5.74, 6) is 3.13. The summed E-state index contributed by atoms with van der Waals surface area (Å²) in [5, 5.41) is 0. The average molecular weight is 224 g/mol. The maximum Gasteiger partial charge on any atom is 0.319 e. The molecule has 2 fully saturated rings. The highest BCUT2D eigenvalue weighted by Gasteiger charge is 2.44. The number of likely N-dealkylation sites (tertiary alicyclic amines) is 1. The van der Waals surface area contributed by atoms with Gasteiger partial charge >= 0.3 is 6.03 Å². The molecule has 2 unspecified atom stereocenters. The van der Waals surface area contributed by atoms with E-state index >= 15 is 0 Å². The van der Waals surface area contributed by atoms with Gasteiger partial charge in [-0.05, 0) is 36.5 Å². The first-order valence-corrected chi connectivity index (χ1v) is 6.47.